The van der Waals surface area contributed by atoms with Crippen molar-refractivity contribution >= 4 is 28.6 Å². The Morgan fingerprint density at radius 2 is 2.29 bits per heavy atom. The van der Waals surface area contributed by atoms with Gasteiger partial charge in [-0.2, -0.15) is 0 Å². The minimum absolute atomic E-state index is 0.428. The van der Waals surface area contributed by atoms with Crippen LogP contribution in [0.15, 0.2) is 18.2 Å². The van der Waals surface area contributed by atoms with Gasteiger partial charge >= 0.3 is 5.97 Å². The van der Waals surface area contributed by atoms with E-state index in [4.69, 9.17) is 5.11 Å². The molecule has 0 radical (unpaired) electrons. The van der Waals surface area contributed by atoms with Crippen molar-refractivity contribution in [3.63, 3.8) is 0 Å². The maximum Gasteiger partial charge on any atom is 0.321 e. The molecular weight excluding hydrogens is 293 g/mol. The number of carboxylic acid groups (broad SMARTS) is 1. The summed E-state index contributed by atoms with van der Waals surface area (Å²) in [6, 6.07) is 5.71. The van der Waals surface area contributed by atoms with Gasteiger partial charge < -0.3 is 10.4 Å². The van der Waals surface area contributed by atoms with E-state index in [1.165, 1.54) is 9.13 Å². The average molecular weight is 303 g/mol. The van der Waals surface area contributed by atoms with Crippen LogP contribution in [-0.4, -0.2) is 17.1 Å². The Labute approximate surface area is 95.7 Å². The molecule has 1 aliphatic rings. The van der Waals surface area contributed by atoms with Gasteiger partial charge in [0.15, 0.2) is 0 Å². The molecule has 0 bridgehead atoms. The lowest BCUT2D eigenvalue weighted by molar-refractivity contribution is -0.139. The summed E-state index contributed by atoms with van der Waals surface area (Å²) in [5, 5.41) is 11.9. The van der Waals surface area contributed by atoms with Gasteiger partial charge in [-0.3, -0.25) is 4.79 Å². The number of hydrogen-bond donors (Lipinski definition) is 2. The fraction of sp³-hybridized carbons (Fsp3) is 0.300. The van der Waals surface area contributed by atoms with Crippen LogP contribution in [0.4, 0.5) is 0 Å². The number of nitrogens with one attached hydrogen (secondary N) is 1. The van der Waals surface area contributed by atoms with E-state index >= 15 is 0 Å². The number of aliphatic carboxylic acids is 1. The summed E-state index contributed by atoms with van der Waals surface area (Å²) >= 11 is 2.26. The number of benzene rings is 1. The smallest absolute Gasteiger partial charge is 0.321 e. The van der Waals surface area contributed by atoms with Crippen LogP contribution in [-0.2, 0) is 17.8 Å². The molecule has 1 aliphatic heterocycles. The first-order valence-corrected chi connectivity index (χ1v) is 5.48. The summed E-state index contributed by atoms with van der Waals surface area (Å²) in [6.45, 7) is 0.656. The Bertz CT molecular complexity index is 378. The van der Waals surface area contributed by atoms with Crippen molar-refractivity contribution in [3.05, 3.63) is 32.9 Å². The molecule has 0 saturated heterocycles. The van der Waals surface area contributed by atoms with Crippen LogP contribution < -0.4 is 5.32 Å². The third kappa shape index (κ3) is 1.90. The first kappa shape index (κ1) is 9.92. The van der Waals surface area contributed by atoms with E-state index < -0.39 is 12.0 Å². The van der Waals surface area contributed by atoms with E-state index in [9.17, 15) is 4.79 Å². The zero-order valence-corrected chi connectivity index (χ0v) is 9.61. The van der Waals surface area contributed by atoms with E-state index in [1.807, 2.05) is 12.1 Å². The minimum atomic E-state index is -0.769. The predicted octanol–water partition coefficient (Wildman–Crippen LogP) is 1.39. The van der Waals surface area contributed by atoms with Crippen molar-refractivity contribution in [1.82, 2.24) is 5.32 Å². The average Bonchev–Trinajstić information content (AvgIpc) is 2.16. The van der Waals surface area contributed by atoms with E-state index in [2.05, 4.69) is 34.0 Å². The molecule has 0 aliphatic carbocycles. The first-order valence-electron chi connectivity index (χ1n) is 4.40. The topological polar surface area (TPSA) is 49.3 Å². The molecule has 1 aromatic rings. The van der Waals surface area contributed by atoms with Gasteiger partial charge in [0.2, 0.25) is 0 Å². The summed E-state index contributed by atoms with van der Waals surface area (Å²) in [5.41, 5.74) is 2.37. The fourth-order valence-electron chi connectivity index (χ4n) is 1.66. The lowest BCUT2D eigenvalue weighted by Crippen LogP contribution is -2.41. The molecule has 1 heterocycles. The van der Waals surface area contributed by atoms with Gasteiger partial charge in [-0.1, -0.05) is 6.07 Å². The van der Waals surface area contributed by atoms with Crippen molar-refractivity contribution in [1.29, 1.82) is 0 Å². The highest BCUT2D eigenvalue weighted by Crippen LogP contribution is 2.19. The van der Waals surface area contributed by atoms with E-state index in [1.54, 1.807) is 0 Å². The molecule has 0 spiro atoms. The molecule has 2 rings (SSSR count). The summed E-state index contributed by atoms with van der Waals surface area (Å²) in [6.07, 6.45) is 0.585. The van der Waals surface area contributed by atoms with Gasteiger partial charge in [-0.15, -0.1) is 0 Å². The fourth-order valence-corrected chi connectivity index (χ4v) is 2.21. The second kappa shape index (κ2) is 3.86. The van der Waals surface area contributed by atoms with Crippen LogP contribution in [0.1, 0.15) is 11.1 Å². The van der Waals surface area contributed by atoms with Crippen molar-refractivity contribution in [2.45, 2.75) is 19.0 Å². The highest BCUT2D eigenvalue weighted by molar-refractivity contribution is 14.1. The molecule has 0 fully saturated rings. The molecule has 1 atom stereocenters. The van der Waals surface area contributed by atoms with Crippen LogP contribution >= 0.6 is 22.6 Å². The number of hydrogen-bond acceptors (Lipinski definition) is 2. The number of carboxylic acids is 1. The molecule has 3 nitrogen and oxygen atoms in total. The van der Waals surface area contributed by atoms with E-state index in [0.717, 1.165) is 5.56 Å². The van der Waals surface area contributed by atoms with Crippen molar-refractivity contribution in [3.8, 4) is 0 Å². The predicted molar refractivity (Wildman–Crippen MR) is 61.1 cm³/mol. The summed E-state index contributed by atoms with van der Waals surface area (Å²) in [5.74, 6) is -0.769. The van der Waals surface area contributed by atoms with Gasteiger partial charge in [0, 0.05) is 10.1 Å². The first-order chi connectivity index (χ1) is 6.66. The Hall–Kier alpha value is -0.620. The second-order valence-corrected chi connectivity index (χ2v) is 4.63. The van der Waals surface area contributed by atoms with Crippen LogP contribution in [0.3, 0.4) is 0 Å². The molecule has 1 aromatic carbocycles. The molecule has 0 aromatic heterocycles. The molecule has 14 heavy (non-hydrogen) atoms. The van der Waals surface area contributed by atoms with Crippen LogP contribution in [0.2, 0.25) is 0 Å². The van der Waals surface area contributed by atoms with Crippen molar-refractivity contribution in [2.75, 3.05) is 0 Å². The zero-order chi connectivity index (χ0) is 10.1. The number of carbonyl (C=O) groups is 1. The molecular formula is C10H10INO2. The van der Waals surface area contributed by atoms with Gasteiger partial charge in [-0.05, 0) is 52.3 Å². The summed E-state index contributed by atoms with van der Waals surface area (Å²) in [7, 11) is 0. The second-order valence-electron chi connectivity index (χ2n) is 3.39. The lowest BCUT2D eigenvalue weighted by atomic mass is 9.96. The summed E-state index contributed by atoms with van der Waals surface area (Å²) in [4.78, 5) is 10.8. The number of rotatable bonds is 1. The van der Waals surface area contributed by atoms with Crippen LogP contribution in [0, 0.1) is 3.57 Å². The molecule has 0 unspecified atom stereocenters. The summed E-state index contributed by atoms with van der Waals surface area (Å²) < 4.78 is 1.19. The molecule has 4 heteroatoms. The molecule has 74 valence electrons. The van der Waals surface area contributed by atoms with Gasteiger partial charge in [0.05, 0.1) is 0 Å². The Morgan fingerprint density at radius 3 is 3.00 bits per heavy atom. The van der Waals surface area contributed by atoms with Crippen molar-refractivity contribution in [2.24, 2.45) is 0 Å². The largest absolute Gasteiger partial charge is 0.480 e. The third-order valence-corrected chi connectivity index (χ3v) is 3.10. The SMILES string of the molecule is O=C(O)[C@H]1Cc2ccc(I)cc2CN1. The number of halogens is 1. The van der Waals surface area contributed by atoms with Crippen molar-refractivity contribution < 1.29 is 9.90 Å². The Balaban J connectivity index is 2.27. The Kier molecular flexibility index (Phi) is 2.73. The van der Waals surface area contributed by atoms with Crippen LogP contribution in [0.25, 0.3) is 0 Å². The lowest BCUT2D eigenvalue weighted by Gasteiger charge is -2.23. The quantitative estimate of drug-likeness (QED) is 0.771. The van der Waals surface area contributed by atoms with E-state index in [0.29, 0.717) is 13.0 Å². The zero-order valence-electron chi connectivity index (χ0n) is 7.46. The van der Waals surface area contributed by atoms with Gasteiger partial charge in [0.25, 0.3) is 0 Å². The highest BCUT2D eigenvalue weighted by atomic mass is 127. The molecule has 2 N–H and O–H groups in total. The third-order valence-electron chi connectivity index (χ3n) is 2.43. The minimum Gasteiger partial charge on any atom is -0.480 e. The normalized spacial score (nSPS) is 20.2. The molecule has 0 amide bonds. The maximum absolute atomic E-state index is 10.8. The number of fused-ring (bicyclic) bond motifs is 1. The van der Waals surface area contributed by atoms with Crippen LogP contribution in [0.5, 0.6) is 0 Å². The highest BCUT2D eigenvalue weighted by Gasteiger charge is 2.23. The standard InChI is InChI=1S/C10H10INO2/c11-8-2-1-6-4-9(10(13)14)12-5-7(6)3-8/h1-3,9,12H,4-5H2,(H,13,14)/t9-/m1/s1. The monoisotopic (exact) mass is 303 g/mol. The van der Waals surface area contributed by atoms with E-state index in [-0.39, 0.29) is 0 Å². The molecule has 0 saturated carbocycles. The van der Waals surface area contributed by atoms with Gasteiger partial charge in [-0.25, -0.2) is 0 Å². The van der Waals surface area contributed by atoms with Gasteiger partial charge in [0.1, 0.15) is 6.04 Å². The Morgan fingerprint density at radius 1 is 1.50 bits per heavy atom. The maximum atomic E-state index is 10.8.